The van der Waals surface area contributed by atoms with Gasteiger partial charge in [-0.05, 0) is 27.6 Å². The number of fused-ring (bicyclic) bond motifs is 1. The van der Waals surface area contributed by atoms with Crippen molar-refractivity contribution in [3.8, 4) is 5.75 Å². The van der Waals surface area contributed by atoms with E-state index in [0.717, 1.165) is 0 Å². The lowest BCUT2D eigenvalue weighted by molar-refractivity contribution is -0.139. The number of benzene rings is 1. The van der Waals surface area contributed by atoms with Crippen molar-refractivity contribution in [3.05, 3.63) is 28.1 Å². The fourth-order valence-electron chi connectivity index (χ4n) is 2.16. The summed E-state index contributed by atoms with van der Waals surface area (Å²) in [4.78, 5) is 11.4. The summed E-state index contributed by atoms with van der Waals surface area (Å²) in [5, 5.41) is 0.585. The molecule has 0 atom stereocenters. The van der Waals surface area contributed by atoms with E-state index in [-0.39, 0.29) is 18.2 Å². The lowest BCUT2D eigenvalue weighted by atomic mass is 10.1. The molecule has 2 rings (SSSR count). The molecule has 0 saturated carbocycles. The maximum Gasteiger partial charge on any atom is 0.310 e. The predicted molar refractivity (Wildman–Crippen MR) is 72.8 cm³/mol. The summed E-state index contributed by atoms with van der Waals surface area (Å²) in [5.74, 6) is -0.243. The second-order valence-electron chi connectivity index (χ2n) is 4.12. The van der Waals surface area contributed by atoms with Crippen LogP contribution in [-0.2, 0) is 23.0 Å². The van der Waals surface area contributed by atoms with Crippen molar-refractivity contribution in [2.45, 2.75) is 6.42 Å². The number of carbonyl (C=O) groups excluding carboxylic acids is 1. The monoisotopic (exact) mass is 329 g/mol. The first kappa shape index (κ1) is 13.9. The minimum absolute atomic E-state index is 0.0695. The molecule has 0 aliphatic rings. The Labute approximate surface area is 118 Å². The highest BCUT2D eigenvalue weighted by Crippen LogP contribution is 2.38. The maximum atomic E-state index is 14.0. The zero-order valence-electron chi connectivity index (χ0n) is 10.8. The Balaban J connectivity index is 2.75. The number of hydrogen-bond acceptors (Lipinski definition) is 3. The maximum absolute atomic E-state index is 14.0. The zero-order valence-corrected chi connectivity index (χ0v) is 12.4. The lowest BCUT2D eigenvalue weighted by Crippen LogP contribution is -2.04. The van der Waals surface area contributed by atoms with E-state index in [2.05, 4.69) is 20.7 Å². The van der Waals surface area contributed by atoms with E-state index in [4.69, 9.17) is 4.74 Å². The molecule has 0 saturated heterocycles. The SMILES string of the molecule is COC(=O)Cc1cn(C)c2c(F)cc(Br)c(OC)c12. The molecular weight excluding hydrogens is 317 g/mol. The van der Waals surface area contributed by atoms with Gasteiger partial charge in [-0.15, -0.1) is 0 Å². The molecule has 0 unspecified atom stereocenters. The lowest BCUT2D eigenvalue weighted by Gasteiger charge is -2.08. The number of hydrogen-bond donors (Lipinski definition) is 0. The van der Waals surface area contributed by atoms with Gasteiger partial charge in [0.15, 0.2) is 0 Å². The van der Waals surface area contributed by atoms with Crippen molar-refractivity contribution in [1.29, 1.82) is 0 Å². The average Bonchev–Trinajstić information content (AvgIpc) is 2.67. The van der Waals surface area contributed by atoms with Crippen LogP contribution in [0.3, 0.4) is 0 Å². The first-order valence-corrected chi connectivity index (χ1v) is 6.35. The van der Waals surface area contributed by atoms with E-state index < -0.39 is 0 Å². The van der Waals surface area contributed by atoms with Gasteiger partial charge in [0.1, 0.15) is 11.6 Å². The molecule has 0 bridgehead atoms. The Morgan fingerprint density at radius 3 is 2.74 bits per heavy atom. The minimum atomic E-state index is -0.380. The summed E-state index contributed by atoms with van der Waals surface area (Å²) < 4.78 is 26.1. The number of nitrogens with zero attached hydrogens (tertiary/aromatic N) is 1. The highest BCUT2D eigenvalue weighted by atomic mass is 79.9. The molecule has 0 spiro atoms. The average molecular weight is 330 g/mol. The van der Waals surface area contributed by atoms with Crippen LogP contribution < -0.4 is 4.74 Å². The van der Waals surface area contributed by atoms with Crippen LogP contribution in [0.15, 0.2) is 16.7 Å². The van der Waals surface area contributed by atoms with Gasteiger partial charge in [0, 0.05) is 18.6 Å². The predicted octanol–water partition coefficient (Wildman–Crippen LogP) is 2.80. The number of aryl methyl sites for hydroxylation is 1. The molecular formula is C13H13BrFNO3. The molecule has 0 aliphatic carbocycles. The molecule has 4 nitrogen and oxygen atoms in total. The fourth-order valence-corrected chi connectivity index (χ4v) is 2.72. The van der Waals surface area contributed by atoms with Crippen LogP contribution in [0, 0.1) is 5.82 Å². The summed E-state index contributed by atoms with van der Waals surface area (Å²) in [6.45, 7) is 0. The first-order chi connectivity index (χ1) is 8.99. The third kappa shape index (κ3) is 2.32. The van der Waals surface area contributed by atoms with E-state index in [1.54, 1.807) is 17.8 Å². The van der Waals surface area contributed by atoms with Gasteiger partial charge in [-0.25, -0.2) is 4.39 Å². The van der Waals surface area contributed by atoms with Gasteiger partial charge in [0.05, 0.1) is 30.6 Å². The molecule has 2 aromatic rings. The molecule has 0 aliphatic heterocycles. The molecule has 1 heterocycles. The zero-order chi connectivity index (χ0) is 14.2. The number of ether oxygens (including phenoxy) is 2. The topological polar surface area (TPSA) is 40.5 Å². The molecule has 19 heavy (non-hydrogen) atoms. The molecule has 0 fully saturated rings. The smallest absolute Gasteiger partial charge is 0.310 e. The van der Waals surface area contributed by atoms with Crippen LogP contribution in [0.2, 0.25) is 0 Å². The van der Waals surface area contributed by atoms with Crippen molar-refractivity contribution >= 4 is 32.8 Å². The largest absolute Gasteiger partial charge is 0.495 e. The summed E-state index contributed by atoms with van der Waals surface area (Å²) in [7, 11) is 4.55. The quantitative estimate of drug-likeness (QED) is 0.813. The van der Waals surface area contributed by atoms with Gasteiger partial charge in [-0.3, -0.25) is 4.79 Å². The summed E-state index contributed by atoms with van der Waals surface area (Å²) in [6.07, 6.45) is 1.78. The van der Waals surface area contributed by atoms with Crippen LogP contribution >= 0.6 is 15.9 Å². The van der Waals surface area contributed by atoms with Gasteiger partial charge < -0.3 is 14.0 Å². The number of rotatable bonds is 3. The molecule has 102 valence electrons. The Morgan fingerprint density at radius 2 is 2.16 bits per heavy atom. The molecule has 0 radical (unpaired) electrons. The second-order valence-corrected chi connectivity index (χ2v) is 4.97. The van der Waals surface area contributed by atoms with Gasteiger partial charge in [-0.1, -0.05) is 0 Å². The van der Waals surface area contributed by atoms with Crippen molar-refractivity contribution in [1.82, 2.24) is 4.57 Å². The Hall–Kier alpha value is -1.56. The molecule has 1 aromatic carbocycles. The Kier molecular flexibility index (Phi) is 3.80. The minimum Gasteiger partial charge on any atom is -0.495 e. The standard InChI is InChI=1S/C13H13BrFNO3/c1-16-6-7(4-10(17)18-2)11-12(16)9(15)5-8(14)13(11)19-3/h5-6H,4H2,1-3H3. The van der Waals surface area contributed by atoms with Crippen LogP contribution in [0.4, 0.5) is 4.39 Å². The second kappa shape index (κ2) is 5.21. The number of aromatic nitrogens is 1. The number of halogens is 2. The first-order valence-electron chi connectivity index (χ1n) is 5.56. The van der Waals surface area contributed by atoms with E-state index in [1.807, 2.05) is 0 Å². The number of esters is 1. The summed E-state index contributed by atoms with van der Waals surface area (Å²) in [5.41, 5.74) is 1.07. The molecule has 0 amide bonds. The Morgan fingerprint density at radius 1 is 1.47 bits per heavy atom. The van der Waals surface area contributed by atoms with Crippen LogP contribution in [0.5, 0.6) is 5.75 Å². The molecule has 1 aromatic heterocycles. The van der Waals surface area contributed by atoms with E-state index in [1.165, 1.54) is 20.3 Å². The van der Waals surface area contributed by atoms with Gasteiger partial charge in [0.2, 0.25) is 0 Å². The van der Waals surface area contributed by atoms with Gasteiger partial charge in [0.25, 0.3) is 0 Å². The van der Waals surface area contributed by atoms with E-state index >= 15 is 0 Å². The van der Waals surface area contributed by atoms with Crippen LogP contribution in [-0.4, -0.2) is 24.8 Å². The third-order valence-corrected chi connectivity index (χ3v) is 3.54. The molecule has 6 heteroatoms. The normalized spacial score (nSPS) is 10.8. The van der Waals surface area contributed by atoms with Crippen molar-refractivity contribution in [2.24, 2.45) is 7.05 Å². The highest BCUT2D eigenvalue weighted by Gasteiger charge is 2.20. The highest BCUT2D eigenvalue weighted by molar-refractivity contribution is 9.10. The van der Waals surface area contributed by atoms with Crippen molar-refractivity contribution in [3.63, 3.8) is 0 Å². The van der Waals surface area contributed by atoms with Gasteiger partial charge in [-0.2, -0.15) is 0 Å². The van der Waals surface area contributed by atoms with E-state index in [9.17, 15) is 9.18 Å². The number of carbonyl (C=O) groups is 1. The third-order valence-electron chi connectivity index (χ3n) is 2.95. The van der Waals surface area contributed by atoms with Crippen molar-refractivity contribution in [2.75, 3.05) is 14.2 Å². The van der Waals surface area contributed by atoms with Crippen LogP contribution in [0.25, 0.3) is 10.9 Å². The fraction of sp³-hybridized carbons (Fsp3) is 0.308. The van der Waals surface area contributed by atoms with Gasteiger partial charge >= 0.3 is 5.97 Å². The van der Waals surface area contributed by atoms with Crippen molar-refractivity contribution < 1.29 is 18.7 Å². The molecule has 0 N–H and O–H groups in total. The number of methoxy groups -OCH3 is 2. The van der Waals surface area contributed by atoms with Crippen LogP contribution in [0.1, 0.15) is 5.56 Å². The summed E-state index contributed by atoms with van der Waals surface area (Å²) >= 11 is 3.26. The van der Waals surface area contributed by atoms with E-state index in [0.29, 0.717) is 26.7 Å². The summed E-state index contributed by atoms with van der Waals surface area (Å²) in [6, 6.07) is 1.35. The Bertz CT molecular complexity index is 651.